The lowest BCUT2D eigenvalue weighted by Crippen LogP contribution is -2.19. The van der Waals surface area contributed by atoms with Gasteiger partial charge in [0.25, 0.3) is 0 Å². The average Bonchev–Trinajstić information content (AvgIpc) is 1.63. The second-order valence-electron chi connectivity index (χ2n) is 3.28. The molecule has 0 amide bonds. The Kier molecular flexibility index (Phi) is 2.85. The first-order valence-corrected chi connectivity index (χ1v) is 3.13. The fourth-order valence-electron chi connectivity index (χ4n) is 0.774. The third kappa shape index (κ3) is 4.15. The summed E-state index contributed by atoms with van der Waals surface area (Å²) >= 11 is 0. The highest BCUT2D eigenvalue weighted by molar-refractivity contribution is 5.79. The number of hydrogen-bond donors (Lipinski definition) is 2. The van der Waals surface area contributed by atoms with Crippen LogP contribution in [0.1, 0.15) is 27.2 Å². The van der Waals surface area contributed by atoms with Gasteiger partial charge in [0.15, 0.2) is 0 Å². The molecule has 0 bridgehead atoms. The molecule has 0 atom stereocenters. The molecule has 0 radical (unpaired) electrons. The number of aliphatic hydroxyl groups excluding tert-OH is 1. The Morgan fingerprint density at radius 3 is 2.11 bits per heavy atom. The number of aliphatic hydroxyl groups is 1. The van der Waals surface area contributed by atoms with Gasteiger partial charge in [-0.15, -0.1) is 0 Å². The Balaban J connectivity index is 3.71. The zero-order chi connectivity index (χ0) is 7.49. The Morgan fingerprint density at radius 1 is 1.56 bits per heavy atom. The second-order valence-corrected chi connectivity index (χ2v) is 3.28. The molecule has 0 saturated heterocycles. The summed E-state index contributed by atoms with van der Waals surface area (Å²) in [6, 6.07) is 0. The van der Waals surface area contributed by atoms with Crippen molar-refractivity contribution in [3.63, 3.8) is 0 Å². The van der Waals surface area contributed by atoms with Gasteiger partial charge in [-0.2, -0.15) is 0 Å². The van der Waals surface area contributed by atoms with Crippen molar-refractivity contribution in [2.45, 2.75) is 27.2 Å². The van der Waals surface area contributed by atoms with Crippen molar-refractivity contribution in [1.82, 2.24) is 0 Å². The van der Waals surface area contributed by atoms with Crippen LogP contribution in [0.5, 0.6) is 0 Å². The van der Waals surface area contributed by atoms with Gasteiger partial charge in [-0.3, -0.25) is 0 Å². The van der Waals surface area contributed by atoms with Crippen molar-refractivity contribution < 1.29 is 5.11 Å². The zero-order valence-corrected chi connectivity index (χ0v) is 6.36. The van der Waals surface area contributed by atoms with Crippen molar-refractivity contribution in [2.75, 3.05) is 6.61 Å². The number of rotatable bonds is 3. The molecule has 2 nitrogen and oxygen atoms in total. The molecule has 0 aliphatic carbocycles. The Bertz CT molecular complexity index is 107. The van der Waals surface area contributed by atoms with Gasteiger partial charge in [0.2, 0.25) is 0 Å². The van der Waals surface area contributed by atoms with Crippen molar-refractivity contribution in [3.05, 3.63) is 0 Å². The van der Waals surface area contributed by atoms with Gasteiger partial charge in [0, 0.05) is 12.3 Å². The van der Waals surface area contributed by atoms with E-state index in [-0.39, 0.29) is 12.0 Å². The first-order chi connectivity index (χ1) is 3.98. The largest absolute Gasteiger partial charge is 0.396 e. The lowest BCUT2D eigenvalue weighted by Gasteiger charge is -2.19. The lowest BCUT2D eigenvalue weighted by atomic mass is 9.89. The summed E-state index contributed by atoms with van der Waals surface area (Å²) in [6.45, 7) is 5.82. The standard InChI is InChI=1S/C7H15NO/c1-6(8)4-7(2,3)5-9/h8-9H,4-5H2,1-3H3. The quantitative estimate of drug-likeness (QED) is 0.556. The lowest BCUT2D eigenvalue weighted by molar-refractivity contribution is 0.166. The van der Waals surface area contributed by atoms with E-state index in [9.17, 15) is 0 Å². The summed E-state index contributed by atoms with van der Waals surface area (Å²) in [6.07, 6.45) is 0.684. The van der Waals surface area contributed by atoms with Gasteiger partial charge in [-0.1, -0.05) is 13.8 Å². The topological polar surface area (TPSA) is 44.1 Å². The summed E-state index contributed by atoms with van der Waals surface area (Å²) in [5, 5.41) is 15.9. The van der Waals surface area contributed by atoms with Crippen LogP contribution in [0.4, 0.5) is 0 Å². The van der Waals surface area contributed by atoms with Crippen LogP contribution in [0.25, 0.3) is 0 Å². The van der Waals surface area contributed by atoms with Crippen molar-refractivity contribution >= 4 is 5.71 Å². The molecular formula is C7H15NO. The van der Waals surface area contributed by atoms with Crippen molar-refractivity contribution in [3.8, 4) is 0 Å². The van der Waals surface area contributed by atoms with Crippen LogP contribution in [0.15, 0.2) is 0 Å². The molecule has 0 saturated carbocycles. The van der Waals surface area contributed by atoms with Crippen LogP contribution in [0.2, 0.25) is 0 Å². The molecule has 54 valence electrons. The van der Waals surface area contributed by atoms with E-state index in [1.807, 2.05) is 13.8 Å². The van der Waals surface area contributed by atoms with Crippen LogP contribution in [0, 0.1) is 10.8 Å². The monoisotopic (exact) mass is 129 g/mol. The average molecular weight is 129 g/mol. The molecule has 2 heteroatoms. The SMILES string of the molecule is CC(=N)CC(C)(C)CO. The third-order valence-corrected chi connectivity index (χ3v) is 1.17. The summed E-state index contributed by atoms with van der Waals surface area (Å²) < 4.78 is 0. The minimum Gasteiger partial charge on any atom is -0.396 e. The maximum atomic E-state index is 8.75. The summed E-state index contributed by atoms with van der Waals surface area (Å²) in [4.78, 5) is 0. The normalized spacial score (nSPS) is 11.6. The Morgan fingerprint density at radius 2 is 2.00 bits per heavy atom. The van der Waals surface area contributed by atoms with E-state index < -0.39 is 0 Å². The maximum absolute atomic E-state index is 8.75. The molecule has 0 aromatic rings. The molecule has 0 unspecified atom stereocenters. The highest BCUT2D eigenvalue weighted by atomic mass is 16.3. The van der Waals surface area contributed by atoms with Crippen molar-refractivity contribution in [2.24, 2.45) is 5.41 Å². The van der Waals surface area contributed by atoms with Gasteiger partial charge < -0.3 is 10.5 Å². The Hall–Kier alpha value is -0.370. The first kappa shape index (κ1) is 8.63. The van der Waals surface area contributed by atoms with Gasteiger partial charge in [-0.25, -0.2) is 0 Å². The van der Waals surface area contributed by atoms with Gasteiger partial charge in [0.05, 0.1) is 0 Å². The fraction of sp³-hybridized carbons (Fsp3) is 0.857. The molecule has 0 aromatic heterocycles. The van der Waals surface area contributed by atoms with E-state index >= 15 is 0 Å². The first-order valence-electron chi connectivity index (χ1n) is 3.13. The molecule has 0 aromatic carbocycles. The second kappa shape index (κ2) is 2.97. The molecular weight excluding hydrogens is 114 g/mol. The van der Waals surface area contributed by atoms with Gasteiger partial charge in [0.1, 0.15) is 0 Å². The van der Waals surface area contributed by atoms with Crippen LogP contribution in [-0.4, -0.2) is 17.4 Å². The van der Waals surface area contributed by atoms with E-state index in [0.29, 0.717) is 12.1 Å². The molecule has 0 rings (SSSR count). The van der Waals surface area contributed by atoms with E-state index in [1.165, 1.54) is 0 Å². The van der Waals surface area contributed by atoms with E-state index in [4.69, 9.17) is 10.5 Å². The maximum Gasteiger partial charge on any atom is 0.0485 e. The summed E-state index contributed by atoms with van der Waals surface area (Å²) in [7, 11) is 0. The predicted octanol–water partition coefficient (Wildman–Crippen LogP) is 1.43. The highest BCUT2D eigenvalue weighted by Crippen LogP contribution is 2.18. The zero-order valence-electron chi connectivity index (χ0n) is 6.36. The third-order valence-electron chi connectivity index (χ3n) is 1.17. The minimum absolute atomic E-state index is 0.105. The predicted molar refractivity (Wildman–Crippen MR) is 38.9 cm³/mol. The van der Waals surface area contributed by atoms with Gasteiger partial charge >= 0.3 is 0 Å². The van der Waals surface area contributed by atoms with E-state index in [1.54, 1.807) is 6.92 Å². The molecule has 0 aliphatic rings. The van der Waals surface area contributed by atoms with Crippen LogP contribution in [0.3, 0.4) is 0 Å². The molecule has 0 heterocycles. The van der Waals surface area contributed by atoms with Crippen LogP contribution >= 0.6 is 0 Å². The molecule has 0 spiro atoms. The van der Waals surface area contributed by atoms with Gasteiger partial charge in [-0.05, 0) is 18.8 Å². The number of hydrogen-bond acceptors (Lipinski definition) is 2. The smallest absolute Gasteiger partial charge is 0.0485 e. The van der Waals surface area contributed by atoms with Crippen LogP contribution < -0.4 is 0 Å². The van der Waals surface area contributed by atoms with Crippen molar-refractivity contribution in [1.29, 1.82) is 5.41 Å². The number of nitrogens with one attached hydrogen (secondary N) is 1. The molecule has 0 fully saturated rings. The molecule has 2 N–H and O–H groups in total. The highest BCUT2D eigenvalue weighted by Gasteiger charge is 2.16. The van der Waals surface area contributed by atoms with Crippen LogP contribution in [-0.2, 0) is 0 Å². The minimum atomic E-state index is -0.105. The summed E-state index contributed by atoms with van der Waals surface area (Å²) in [5.74, 6) is 0. The molecule has 0 aliphatic heterocycles. The Labute approximate surface area is 56.4 Å². The van der Waals surface area contributed by atoms with E-state index in [0.717, 1.165) is 0 Å². The van der Waals surface area contributed by atoms with E-state index in [2.05, 4.69) is 0 Å². The summed E-state index contributed by atoms with van der Waals surface area (Å²) in [5.41, 5.74) is 0.528. The molecule has 9 heavy (non-hydrogen) atoms. The fourth-order valence-corrected chi connectivity index (χ4v) is 0.774.